The van der Waals surface area contributed by atoms with Crippen LogP contribution in [0, 0.1) is 6.57 Å². The van der Waals surface area contributed by atoms with Crippen LogP contribution in [-0.4, -0.2) is 26.2 Å². The molecule has 8 nitrogen and oxygen atoms in total. The number of urea groups is 1. The Morgan fingerprint density at radius 1 is 1.20 bits per heavy atom. The molecular formula is C21H18N5O3S+. The number of benzene rings is 2. The topological polar surface area (TPSA) is 116 Å². The Kier molecular flexibility index (Phi) is 4.87. The molecule has 2 heterocycles. The zero-order valence-corrected chi connectivity index (χ0v) is 16.7. The van der Waals surface area contributed by atoms with Crippen LogP contribution in [-0.2, 0) is 0 Å². The van der Waals surface area contributed by atoms with Crippen molar-refractivity contribution < 1.29 is 15.0 Å². The van der Waals surface area contributed by atoms with Crippen LogP contribution < -0.4 is 11.2 Å². The van der Waals surface area contributed by atoms with Gasteiger partial charge in [0.2, 0.25) is 0 Å². The predicted octanol–water partition coefficient (Wildman–Crippen LogP) is 4.19. The Hall–Kier alpha value is -3.87. The molecule has 1 aromatic heterocycles. The number of carbonyl (C=O) groups excluding carboxylic acids is 1. The number of allylic oxidation sites excluding steroid dienone is 1. The van der Waals surface area contributed by atoms with Gasteiger partial charge < -0.3 is 15.5 Å². The van der Waals surface area contributed by atoms with Gasteiger partial charge in [0.1, 0.15) is 16.5 Å². The first-order chi connectivity index (χ1) is 14.4. The van der Waals surface area contributed by atoms with Crippen molar-refractivity contribution in [3.05, 3.63) is 69.0 Å². The van der Waals surface area contributed by atoms with E-state index in [2.05, 4.69) is 10.2 Å². The minimum Gasteiger partial charge on any atom is -0.508 e. The molecule has 0 fully saturated rings. The molecule has 0 aliphatic carbocycles. The van der Waals surface area contributed by atoms with Crippen LogP contribution in [0.5, 0.6) is 11.5 Å². The summed E-state index contributed by atoms with van der Waals surface area (Å²) in [5.74, 6) is 5.69. The largest absolute Gasteiger partial charge is 0.508 e. The van der Waals surface area contributed by atoms with Crippen molar-refractivity contribution >= 4 is 28.6 Å². The number of nitrogens with one attached hydrogen (secondary N) is 1. The third-order valence-corrected chi connectivity index (χ3v) is 5.71. The number of amides is 2. The second-order valence-corrected chi connectivity index (χ2v) is 7.61. The fourth-order valence-electron chi connectivity index (χ4n) is 3.32. The third-order valence-electron chi connectivity index (χ3n) is 4.83. The fourth-order valence-corrected chi connectivity index (χ4v) is 4.27. The van der Waals surface area contributed by atoms with E-state index in [0.717, 1.165) is 16.3 Å². The van der Waals surface area contributed by atoms with E-state index in [1.807, 2.05) is 17.5 Å². The van der Waals surface area contributed by atoms with Crippen LogP contribution in [0.1, 0.15) is 23.5 Å². The van der Waals surface area contributed by atoms with Crippen molar-refractivity contribution in [2.75, 3.05) is 0 Å². The van der Waals surface area contributed by atoms with Crippen molar-refractivity contribution in [3.8, 4) is 29.3 Å². The lowest BCUT2D eigenvalue weighted by Gasteiger charge is -2.33. The van der Waals surface area contributed by atoms with Crippen LogP contribution in [0.15, 0.2) is 53.5 Å². The average molecular weight is 420 g/mol. The Morgan fingerprint density at radius 2 is 1.87 bits per heavy atom. The van der Waals surface area contributed by atoms with Gasteiger partial charge in [0.15, 0.2) is 0 Å². The lowest BCUT2D eigenvalue weighted by molar-refractivity contribution is 0.206. The van der Waals surface area contributed by atoms with Gasteiger partial charge in [-0.15, -0.1) is 11.3 Å². The number of hydrogen-bond donors (Lipinski definition) is 4. The first kappa shape index (κ1) is 19.4. The number of thiazole rings is 1. The summed E-state index contributed by atoms with van der Waals surface area (Å²) < 4.78 is 0. The van der Waals surface area contributed by atoms with E-state index in [0.29, 0.717) is 27.5 Å². The number of nitrogens with zero attached hydrogens (tertiary/aromatic N) is 3. The summed E-state index contributed by atoms with van der Waals surface area (Å²) >= 11 is 1.40. The second kappa shape index (κ2) is 7.51. The lowest BCUT2D eigenvalue weighted by Crippen LogP contribution is -2.49. The van der Waals surface area contributed by atoms with Crippen LogP contribution in [0.3, 0.4) is 0 Å². The summed E-state index contributed by atoms with van der Waals surface area (Å²) in [5, 5.41) is 26.2. The first-order valence-electron chi connectivity index (χ1n) is 8.93. The molecule has 1 unspecified atom stereocenters. The number of aromatic hydroxyl groups is 2. The lowest BCUT2D eigenvalue weighted by atomic mass is 9.95. The Balaban J connectivity index is 1.80. The molecule has 1 aliphatic heterocycles. The standard InChI is InChI=1S/C21H17N5O3S/c1-11-18(20-24-17(10-30-20)12-3-5-14(23-2)6-4-12)19(25-21(29)26(11)22)13-7-15(27)9-16(28)8-13/h2-10,19H,22H2,1H3,(H2-,25,27,28,29)/p+1. The third kappa shape index (κ3) is 3.45. The number of phenolic OH excluding ortho intramolecular Hbond substituents is 2. The van der Waals surface area contributed by atoms with Crippen molar-refractivity contribution in [3.63, 3.8) is 0 Å². The maximum absolute atomic E-state index is 12.3. The van der Waals surface area contributed by atoms with Gasteiger partial charge in [0.05, 0.1) is 11.7 Å². The summed E-state index contributed by atoms with van der Waals surface area (Å²) in [6.45, 7) is 7.01. The quantitative estimate of drug-likeness (QED) is 0.375. The molecule has 1 atom stereocenters. The molecule has 0 spiro atoms. The van der Waals surface area contributed by atoms with Crippen molar-refractivity contribution in [2.24, 2.45) is 5.84 Å². The number of phenols is 2. The minimum absolute atomic E-state index is 0.114. The van der Waals surface area contributed by atoms with E-state index in [-0.39, 0.29) is 11.5 Å². The normalized spacial score (nSPS) is 16.4. The average Bonchev–Trinajstić information content (AvgIpc) is 3.20. The molecule has 0 saturated carbocycles. The first-order valence-corrected chi connectivity index (χ1v) is 9.81. The molecule has 150 valence electrons. The Morgan fingerprint density at radius 3 is 2.50 bits per heavy atom. The Labute approximate surface area is 176 Å². The predicted molar refractivity (Wildman–Crippen MR) is 115 cm³/mol. The van der Waals surface area contributed by atoms with Crippen molar-refractivity contribution in [2.45, 2.75) is 13.0 Å². The van der Waals surface area contributed by atoms with Crippen molar-refractivity contribution in [1.82, 2.24) is 15.3 Å². The number of nitrogens with two attached hydrogens (primary N) is 1. The van der Waals surface area contributed by atoms with E-state index in [1.165, 1.54) is 29.5 Å². The van der Waals surface area contributed by atoms with Crippen LogP contribution in [0.4, 0.5) is 10.5 Å². The maximum Gasteiger partial charge on any atom is 0.339 e. The molecule has 9 heteroatoms. The van der Waals surface area contributed by atoms with Gasteiger partial charge >= 0.3 is 11.7 Å². The number of rotatable bonds is 3. The number of carbonyl (C=O) groups is 1. The summed E-state index contributed by atoms with van der Waals surface area (Å²) in [7, 11) is 0. The number of aromatic nitrogens is 1. The highest BCUT2D eigenvalue weighted by Gasteiger charge is 2.33. The molecule has 2 amide bonds. The van der Waals surface area contributed by atoms with Gasteiger partial charge in [-0.1, -0.05) is 0 Å². The van der Waals surface area contributed by atoms with E-state index in [9.17, 15) is 15.0 Å². The van der Waals surface area contributed by atoms with Crippen LogP contribution in [0.25, 0.3) is 21.7 Å². The molecule has 4 rings (SSSR count). The van der Waals surface area contributed by atoms with Gasteiger partial charge in [-0.2, -0.15) is 0 Å². The zero-order valence-electron chi connectivity index (χ0n) is 15.9. The highest BCUT2D eigenvalue weighted by Crippen LogP contribution is 2.40. The van der Waals surface area contributed by atoms with Crippen molar-refractivity contribution in [1.29, 1.82) is 0 Å². The summed E-state index contributed by atoms with van der Waals surface area (Å²) in [6, 6.07) is 10.4. The summed E-state index contributed by atoms with van der Waals surface area (Å²) in [5.41, 5.74) is 3.99. The number of hydrogen-bond acceptors (Lipinski definition) is 6. The minimum atomic E-state index is -0.646. The van der Waals surface area contributed by atoms with E-state index >= 15 is 0 Å². The molecular weight excluding hydrogens is 402 g/mol. The van der Waals surface area contributed by atoms with Gasteiger partial charge in [-0.3, -0.25) is 0 Å². The molecule has 30 heavy (non-hydrogen) atoms. The van der Waals surface area contributed by atoms with E-state index < -0.39 is 12.1 Å². The van der Waals surface area contributed by atoms with E-state index in [1.54, 1.807) is 19.1 Å². The molecule has 5 N–H and O–H groups in total. The van der Waals surface area contributed by atoms with Gasteiger partial charge in [0.25, 0.3) is 6.57 Å². The summed E-state index contributed by atoms with van der Waals surface area (Å²) in [6.07, 6.45) is 0. The highest BCUT2D eigenvalue weighted by atomic mass is 32.1. The molecule has 0 radical (unpaired) electrons. The SMILES string of the molecule is C#[N+]c1ccc(-c2csc(C3=C(C)N(N)C(=O)NC3c3cc(O)cc(O)c3)n2)cc1. The van der Waals surface area contributed by atoms with E-state index in [4.69, 9.17) is 17.4 Å². The molecule has 2 aromatic carbocycles. The second-order valence-electron chi connectivity index (χ2n) is 6.75. The number of hydrazine groups is 1. The fraction of sp³-hybridized carbons (Fsp3) is 0.0952. The Bertz CT molecular complexity index is 1190. The van der Waals surface area contributed by atoms with Gasteiger partial charge in [0, 0.05) is 40.4 Å². The molecule has 0 bridgehead atoms. The molecule has 0 saturated heterocycles. The van der Waals surface area contributed by atoms with Crippen LogP contribution in [0.2, 0.25) is 0 Å². The zero-order chi connectivity index (χ0) is 21.4. The molecule has 1 aliphatic rings. The summed E-state index contributed by atoms with van der Waals surface area (Å²) in [4.78, 5) is 20.7. The van der Waals surface area contributed by atoms with Gasteiger partial charge in [-0.25, -0.2) is 20.6 Å². The smallest absolute Gasteiger partial charge is 0.339 e. The maximum atomic E-state index is 12.3. The van der Waals surface area contributed by atoms with Gasteiger partial charge in [-0.05, 0) is 41.6 Å². The monoisotopic (exact) mass is 420 g/mol. The molecule has 3 aromatic rings. The highest BCUT2D eigenvalue weighted by molar-refractivity contribution is 7.11. The van der Waals surface area contributed by atoms with Crippen LogP contribution >= 0.6 is 11.3 Å².